The standard InChI is InChI=1S/C14H28N4O2/c1-12(19)15-8-9-16-14(20)17-10-11-18(2)13-6-4-3-5-7-13/h13H,3-11H2,1-2H3,(H,15,19)(H2,16,17,20). The van der Waals surface area contributed by atoms with Gasteiger partial charge in [-0.25, -0.2) is 4.79 Å². The summed E-state index contributed by atoms with van der Waals surface area (Å²) in [5, 5.41) is 8.17. The topological polar surface area (TPSA) is 73.5 Å². The van der Waals surface area contributed by atoms with Crippen molar-refractivity contribution in [3.05, 3.63) is 0 Å². The van der Waals surface area contributed by atoms with Crippen LogP contribution in [0, 0.1) is 0 Å². The van der Waals surface area contributed by atoms with Gasteiger partial charge in [-0.05, 0) is 19.9 Å². The fraction of sp³-hybridized carbons (Fsp3) is 0.857. The Labute approximate surface area is 121 Å². The second kappa shape index (κ2) is 9.58. The van der Waals surface area contributed by atoms with E-state index in [2.05, 4.69) is 27.9 Å². The van der Waals surface area contributed by atoms with Gasteiger partial charge in [0.15, 0.2) is 0 Å². The van der Waals surface area contributed by atoms with Crippen LogP contribution in [-0.2, 0) is 4.79 Å². The zero-order chi connectivity index (χ0) is 14.8. The molecular weight excluding hydrogens is 256 g/mol. The van der Waals surface area contributed by atoms with E-state index in [0.29, 0.717) is 25.7 Å². The molecule has 116 valence electrons. The minimum Gasteiger partial charge on any atom is -0.355 e. The van der Waals surface area contributed by atoms with E-state index in [1.807, 2.05) is 0 Å². The molecule has 6 nitrogen and oxygen atoms in total. The van der Waals surface area contributed by atoms with E-state index in [0.717, 1.165) is 6.54 Å². The van der Waals surface area contributed by atoms with Gasteiger partial charge >= 0.3 is 6.03 Å². The second-order valence-electron chi connectivity index (χ2n) is 5.44. The number of nitrogens with zero attached hydrogens (tertiary/aromatic N) is 1. The van der Waals surface area contributed by atoms with E-state index in [-0.39, 0.29) is 11.9 Å². The first-order valence-electron chi connectivity index (χ1n) is 7.56. The number of rotatable bonds is 7. The minimum atomic E-state index is -0.174. The van der Waals surface area contributed by atoms with Gasteiger partial charge in [0, 0.05) is 39.1 Å². The third kappa shape index (κ3) is 7.33. The molecule has 0 atom stereocenters. The zero-order valence-electron chi connectivity index (χ0n) is 12.7. The molecule has 0 aromatic carbocycles. The summed E-state index contributed by atoms with van der Waals surface area (Å²) in [5.41, 5.74) is 0. The maximum absolute atomic E-state index is 11.5. The average Bonchev–Trinajstić information content (AvgIpc) is 2.44. The Bertz CT molecular complexity index is 304. The molecule has 0 aliphatic heterocycles. The van der Waals surface area contributed by atoms with Crippen LogP contribution in [0.5, 0.6) is 0 Å². The van der Waals surface area contributed by atoms with Crippen LogP contribution in [0.4, 0.5) is 4.79 Å². The van der Waals surface area contributed by atoms with E-state index >= 15 is 0 Å². The lowest BCUT2D eigenvalue weighted by molar-refractivity contribution is -0.118. The van der Waals surface area contributed by atoms with Gasteiger partial charge in [-0.3, -0.25) is 4.79 Å². The summed E-state index contributed by atoms with van der Waals surface area (Å²) in [6.45, 7) is 3.90. The average molecular weight is 284 g/mol. The van der Waals surface area contributed by atoms with Crippen molar-refractivity contribution < 1.29 is 9.59 Å². The molecule has 1 fully saturated rings. The minimum absolute atomic E-state index is 0.0821. The van der Waals surface area contributed by atoms with Gasteiger partial charge in [-0.1, -0.05) is 19.3 Å². The van der Waals surface area contributed by atoms with Crippen molar-refractivity contribution in [3.8, 4) is 0 Å². The van der Waals surface area contributed by atoms with Gasteiger partial charge < -0.3 is 20.9 Å². The number of nitrogens with one attached hydrogen (secondary N) is 3. The largest absolute Gasteiger partial charge is 0.355 e. The third-order valence-electron chi connectivity index (χ3n) is 3.73. The Morgan fingerprint density at radius 3 is 2.25 bits per heavy atom. The summed E-state index contributed by atoms with van der Waals surface area (Å²) in [6.07, 6.45) is 6.57. The van der Waals surface area contributed by atoms with Gasteiger partial charge in [0.2, 0.25) is 5.91 Å². The molecule has 3 amide bonds. The van der Waals surface area contributed by atoms with E-state index in [4.69, 9.17) is 0 Å². The van der Waals surface area contributed by atoms with Crippen LogP contribution < -0.4 is 16.0 Å². The summed E-state index contributed by atoms with van der Waals surface area (Å²) >= 11 is 0. The Hall–Kier alpha value is -1.30. The zero-order valence-corrected chi connectivity index (χ0v) is 12.7. The van der Waals surface area contributed by atoms with E-state index < -0.39 is 0 Å². The number of carbonyl (C=O) groups excluding carboxylic acids is 2. The highest BCUT2D eigenvalue weighted by atomic mass is 16.2. The molecule has 0 bridgehead atoms. The highest BCUT2D eigenvalue weighted by Crippen LogP contribution is 2.20. The number of amides is 3. The van der Waals surface area contributed by atoms with Crippen LogP contribution in [0.25, 0.3) is 0 Å². The van der Waals surface area contributed by atoms with Crippen molar-refractivity contribution in [3.63, 3.8) is 0 Å². The summed E-state index contributed by atoms with van der Waals surface area (Å²) < 4.78 is 0. The highest BCUT2D eigenvalue weighted by Gasteiger charge is 2.17. The summed E-state index contributed by atoms with van der Waals surface area (Å²) in [6, 6.07) is 0.501. The molecule has 1 aliphatic carbocycles. The molecule has 1 rings (SSSR count). The first-order valence-corrected chi connectivity index (χ1v) is 7.56. The molecule has 0 unspecified atom stereocenters. The monoisotopic (exact) mass is 284 g/mol. The summed E-state index contributed by atoms with van der Waals surface area (Å²) in [7, 11) is 2.13. The lowest BCUT2D eigenvalue weighted by Gasteiger charge is -2.31. The molecule has 0 saturated heterocycles. The molecule has 0 aromatic rings. The number of hydrogen-bond donors (Lipinski definition) is 3. The van der Waals surface area contributed by atoms with E-state index in [9.17, 15) is 9.59 Å². The number of urea groups is 1. The van der Waals surface area contributed by atoms with Crippen molar-refractivity contribution in [2.75, 3.05) is 33.2 Å². The van der Waals surface area contributed by atoms with Crippen LogP contribution >= 0.6 is 0 Å². The van der Waals surface area contributed by atoms with E-state index in [1.54, 1.807) is 0 Å². The van der Waals surface area contributed by atoms with Crippen molar-refractivity contribution in [2.45, 2.75) is 45.1 Å². The van der Waals surface area contributed by atoms with Gasteiger partial charge in [0.25, 0.3) is 0 Å². The first-order chi connectivity index (χ1) is 9.59. The molecule has 0 aromatic heterocycles. The molecule has 6 heteroatoms. The van der Waals surface area contributed by atoms with Gasteiger partial charge in [0.05, 0.1) is 0 Å². The molecular formula is C14H28N4O2. The van der Waals surface area contributed by atoms with Gasteiger partial charge in [0.1, 0.15) is 0 Å². The Kier molecular flexibility index (Phi) is 8.02. The number of hydrogen-bond acceptors (Lipinski definition) is 3. The summed E-state index contributed by atoms with van der Waals surface area (Å²) in [5.74, 6) is -0.0821. The quantitative estimate of drug-likeness (QED) is 0.602. The molecule has 0 radical (unpaired) electrons. The molecule has 3 N–H and O–H groups in total. The van der Waals surface area contributed by atoms with Crippen molar-refractivity contribution in [2.24, 2.45) is 0 Å². The molecule has 0 heterocycles. The SMILES string of the molecule is CC(=O)NCCNC(=O)NCCN(C)C1CCCCC1. The van der Waals surface area contributed by atoms with Crippen molar-refractivity contribution in [1.82, 2.24) is 20.9 Å². The first kappa shape index (κ1) is 16.8. The molecule has 1 aliphatic rings. The summed E-state index contributed by atoms with van der Waals surface area (Å²) in [4.78, 5) is 24.5. The predicted molar refractivity (Wildman–Crippen MR) is 79.6 cm³/mol. The Morgan fingerprint density at radius 1 is 1.00 bits per heavy atom. The fourth-order valence-corrected chi connectivity index (χ4v) is 2.53. The second-order valence-corrected chi connectivity index (χ2v) is 5.44. The maximum atomic E-state index is 11.5. The van der Waals surface area contributed by atoms with Crippen LogP contribution in [0.2, 0.25) is 0 Å². The van der Waals surface area contributed by atoms with Gasteiger partial charge in [-0.15, -0.1) is 0 Å². The number of likely N-dealkylation sites (N-methyl/N-ethyl adjacent to an activating group) is 1. The lowest BCUT2D eigenvalue weighted by atomic mass is 9.94. The van der Waals surface area contributed by atoms with Crippen LogP contribution in [0.1, 0.15) is 39.0 Å². The van der Waals surface area contributed by atoms with E-state index in [1.165, 1.54) is 39.0 Å². The normalized spacial score (nSPS) is 15.9. The maximum Gasteiger partial charge on any atom is 0.314 e. The van der Waals surface area contributed by atoms with Crippen molar-refractivity contribution in [1.29, 1.82) is 0 Å². The van der Waals surface area contributed by atoms with Crippen LogP contribution in [0.3, 0.4) is 0 Å². The molecule has 1 saturated carbocycles. The molecule has 20 heavy (non-hydrogen) atoms. The number of carbonyl (C=O) groups is 2. The molecule has 0 spiro atoms. The van der Waals surface area contributed by atoms with Crippen LogP contribution in [-0.4, -0.2) is 56.1 Å². The van der Waals surface area contributed by atoms with Crippen molar-refractivity contribution >= 4 is 11.9 Å². The lowest BCUT2D eigenvalue weighted by Crippen LogP contribution is -2.44. The Morgan fingerprint density at radius 2 is 1.60 bits per heavy atom. The smallest absolute Gasteiger partial charge is 0.314 e. The Balaban J connectivity index is 2.01. The fourth-order valence-electron chi connectivity index (χ4n) is 2.53. The predicted octanol–water partition coefficient (Wildman–Crippen LogP) is 0.686. The highest BCUT2D eigenvalue weighted by molar-refractivity contribution is 5.74. The third-order valence-corrected chi connectivity index (χ3v) is 3.73. The van der Waals surface area contributed by atoms with Gasteiger partial charge in [-0.2, -0.15) is 0 Å². The van der Waals surface area contributed by atoms with Crippen LogP contribution in [0.15, 0.2) is 0 Å².